The molecule has 7 heteroatoms. The highest BCUT2D eigenvalue weighted by Crippen LogP contribution is 2.57. The SMILES string of the molecule is c1ccc(-c2nc(-c3ccccc3)nc(-n3c4ccccc4c4ccc5c6ccccc6n(-c6cccc7nc(-c8ccc9c(c8)-c8ccccc8C9(c8ccccc8)c8ccccc8)oc67)c5c43)n2)cc1. The van der Waals surface area contributed by atoms with Crippen LogP contribution in [-0.2, 0) is 5.41 Å². The summed E-state index contributed by atoms with van der Waals surface area (Å²) >= 11 is 0. The molecule has 0 unspecified atom stereocenters. The molecule has 15 rings (SSSR count). The molecule has 7 nitrogen and oxygen atoms in total. The van der Waals surface area contributed by atoms with Crippen molar-refractivity contribution in [1.29, 1.82) is 0 Å². The van der Waals surface area contributed by atoms with E-state index in [-0.39, 0.29) is 0 Å². The Morgan fingerprint density at radius 2 is 0.889 bits per heavy atom. The molecule has 0 spiro atoms. The zero-order valence-corrected chi connectivity index (χ0v) is 38.7. The van der Waals surface area contributed by atoms with E-state index in [2.05, 4.69) is 185 Å². The summed E-state index contributed by atoms with van der Waals surface area (Å²) in [6.07, 6.45) is 0. The Balaban J connectivity index is 0.973. The molecule has 1 aliphatic rings. The Bertz CT molecular complexity index is 4350. The Labute approximate surface area is 413 Å². The topological polar surface area (TPSA) is 74.6 Å². The Morgan fingerprint density at radius 3 is 1.53 bits per heavy atom. The second kappa shape index (κ2) is 15.7. The molecule has 0 radical (unpaired) electrons. The minimum Gasteiger partial charge on any atom is -0.434 e. The smallest absolute Gasteiger partial charge is 0.238 e. The maximum absolute atomic E-state index is 7.12. The number of nitrogens with zero attached hydrogens (tertiary/aromatic N) is 6. The van der Waals surface area contributed by atoms with Gasteiger partial charge in [-0.1, -0.05) is 206 Å². The lowest BCUT2D eigenvalue weighted by molar-refractivity contribution is 0.618. The van der Waals surface area contributed by atoms with Gasteiger partial charge in [-0.3, -0.25) is 4.57 Å². The average molecular weight is 921 g/mol. The Kier molecular flexibility index (Phi) is 8.74. The zero-order chi connectivity index (χ0) is 47.3. The summed E-state index contributed by atoms with van der Waals surface area (Å²) < 4.78 is 11.7. The molecule has 336 valence electrons. The fourth-order valence-electron chi connectivity index (χ4n) is 11.7. The largest absolute Gasteiger partial charge is 0.434 e. The van der Waals surface area contributed by atoms with Crippen LogP contribution in [0.1, 0.15) is 22.3 Å². The predicted molar refractivity (Wildman–Crippen MR) is 290 cm³/mol. The summed E-state index contributed by atoms with van der Waals surface area (Å²) in [6.45, 7) is 0. The highest BCUT2D eigenvalue weighted by Gasteiger charge is 2.46. The third kappa shape index (κ3) is 5.79. The van der Waals surface area contributed by atoms with Gasteiger partial charge in [0.1, 0.15) is 5.52 Å². The third-order valence-corrected chi connectivity index (χ3v) is 14.7. The van der Waals surface area contributed by atoms with E-state index in [1.54, 1.807) is 0 Å². The third-order valence-electron chi connectivity index (χ3n) is 14.7. The van der Waals surface area contributed by atoms with E-state index >= 15 is 0 Å². The summed E-state index contributed by atoms with van der Waals surface area (Å²) in [7, 11) is 0. The van der Waals surface area contributed by atoms with E-state index in [0.717, 1.165) is 71.5 Å². The van der Waals surface area contributed by atoms with Crippen LogP contribution in [0.15, 0.2) is 247 Å². The van der Waals surface area contributed by atoms with Crippen LogP contribution < -0.4 is 0 Å². The van der Waals surface area contributed by atoms with Crippen molar-refractivity contribution >= 4 is 54.7 Å². The lowest BCUT2D eigenvalue weighted by Crippen LogP contribution is -2.28. The van der Waals surface area contributed by atoms with Gasteiger partial charge in [0.25, 0.3) is 0 Å². The highest BCUT2D eigenvalue weighted by atomic mass is 16.3. The van der Waals surface area contributed by atoms with Crippen molar-refractivity contribution in [2.75, 3.05) is 0 Å². The van der Waals surface area contributed by atoms with Gasteiger partial charge in [0.15, 0.2) is 17.2 Å². The van der Waals surface area contributed by atoms with E-state index in [1.807, 2.05) is 66.7 Å². The number of aromatic nitrogens is 6. The molecule has 0 amide bonds. The van der Waals surface area contributed by atoms with Gasteiger partial charge in [0.05, 0.1) is 33.2 Å². The monoisotopic (exact) mass is 920 g/mol. The fourth-order valence-corrected chi connectivity index (χ4v) is 11.7. The van der Waals surface area contributed by atoms with E-state index in [1.165, 1.54) is 33.4 Å². The molecule has 0 saturated carbocycles. The zero-order valence-electron chi connectivity index (χ0n) is 38.7. The van der Waals surface area contributed by atoms with Crippen LogP contribution in [0.25, 0.3) is 112 Å². The van der Waals surface area contributed by atoms with Crippen LogP contribution >= 0.6 is 0 Å². The van der Waals surface area contributed by atoms with E-state index in [4.69, 9.17) is 24.4 Å². The molecule has 0 N–H and O–H groups in total. The van der Waals surface area contributed by atoms with E-state index < -0.39 is 5.41 Å². The minimum absolute atomic E-state index is 0.501. The number of benzene rings is 10. The van der Waals surface area contributed by atoms with Crippen LogP contribution in [-0.4, -0.2) is 29.1 Å². The van der Waals surface area contributed by atoms with Crippen molar-refractivity contribution in [1.82, 2.24) is 29.1 Å². The highest BCUT2D eigenvalue weighted by molar-refractivity contribution is 6.24. The maximum Gasteiger partial charge on any atom is 0.238 e. The van der Waals surface area contributed by atoms with Gasteiger partial charge in [-0.15, -0.1) is 0 Å². The first kappa shape index (κ1) is 40.2. The summed E-state index contributed by atoms with van der Waals surface area (Å²) in [6, 6.07) is 85.5. The normalized spacial score (nSPS) is 12.8. The lowest BCUT2D eigenvalue weighted by atomic mass is 9.68. The van der Waals surface area contributed by atoms with Crippen LogP contribution in [0.3, 0.4) is 0 Å². The molecule has 0 bridgehead atoms. The molecular weight excluding hydrogens is 881 g/mol. The average Bonchev–Trinajstić information content (AvgIpc) is 4.22. The predicted octanol–water partition coefficient (Wildman–Crippen LogP) is 15.6. The van der Waals surface area contributed by atoms with Crippen LogP contribution in [0.4, 0.5) is 0 Å². The molecule has 0 saturated heterocycles. The van der Waals surface area contributed by atoms with E-state index in [9.17, 15) is 0 Å². The molecule has 0 aliphatic heterocycles. The fraction of sp³-hybridized carbons (Fsp3) is 0.0154. The van der Waals surface area contributed by atoms with Crippen LogP contribution in [0, 0.1) is 0 Å². The van der Waals surface area contributed by atoms with Gasteiger partial charge >= 0.3 is 0 Å². The van der Waals surface area contributed by atoms with Gasteiger partial charge in [-0.05, 0) is 69.8 Å². The number of oxazole rings is 1. The molecule has 0 atom stereocenters. The second-order valence-corrected chi connectivity index (χ2v) is 18.5. The van der Waals surface area contributed by atoms with Gasteiger partial charge in [-0.25, -0.2) is 9.97 Å². The van der Waals surface area contributed by atoms with Crippen molar-refractivity contribution in [3.63, 3.8) is 0 Å². The summed E-state index contributed by atoms with van der Waals surface area (Å²) in [4.78, 5) is 21.0. The molecule has 10 aromatic carbocycles. The molecule has 4 heterocycles. The van der Waals surface area contributed by atoms with Gasteiger partial charge in [0, 0.05) is 38.2 Å². The van der Waals surface area contributed by atoms with Crippen molar-refractivity contribution in [3.8, 4) is 57.0 Å². The minimum atomic E-state index is -0.501. The molecule has 14 aromatic rings. The lowest BCUT2D eigenvalue weighted by Gasteiger charge is -2.33. The van der Waals surface area contributed by atoms with Gasteiger partial charge in [0.2, 0.25) is 11.8 Å². The quantitative estimate of drug-likeness (QED) is 0.159. The van der Waals surface area contributed by atoms with Crippen LogP contribution in [0.5, 0.6) is 0 Å². The molecule has 0 fully saturated rings. The first-order valence-electron chi connectivity index (χ1n) is 24.3. The molecular formula is C65H40N6O. The summed E-state index contributed by atoms with van der Waals surface area (Å²) in [5, 5.41) is 4.38. The molecule has 72 heavy (non-hydrogen) atoms. The van der Waals surface area contributed by atoms with Crippen molar-refractivity contribution < 1.29 is 4.42 Å². The first-order valence-corrected chi connectivity index (χ1v) is 24.3. The molecule has 4 aromatic heterocycles. The summed E-state index contributed by atoms with van der Waals surface area (Å²) in [5.41, 5.74) is 15.9. The van der Waals surface area contributed by atoms with E-state index in [0.29, 0.717) is 29.1 Å². The van der Waals surface area contributed by atoms with Crippen molar-refractivity contribution in [2.24, 2.45) is 0 Å². The molecule has 1 aliphatic carbocycles. The van der Waals surface area contributed by atoms with Gasteiger partial charge < -0.3 is 8.98 Å². The number of hydrogen-bond acceptors (Lipinski definition) is 5. The Hall–Kier alpha value is -9.72. The van der Waals surface area contributed by atoms with Crippen LogP contribution in [0.2, 0.25) is 0 Å². The maximum atomic E-state index is 7.12. The Morgan fingerprint density at radius 1 is 0.361 bits per heavy atom. The number of para-hydroxylation sites is 3. The van der Waals surface area contributed by atoms with Crippen molar-refractivity contribution in [3.05, 3.63) is 265 Å². The standard InChI is InChI=1S/C65H40N6O/c1-5-20-41(21-6-1)61-67-62(42-22-7-2-8-23-42)69-64(68-61)71-56-34-18-15-30-48(56)50-38-37-49-47-29-14-17-33-55(47)70(58(49)59(50)71)57-35-19-32-54-60(57)72-63(66-54)43-36-39-53-51(40-43)46-28-13-16-31-52(46)65(53,44-24-9-3-10-25-44)45-26-11-4-12-27-45/h1-40H. The second-order valence-electron chi connectivity index (χ2n) is 18.5. The number of fused-ring (bicyclic) bond motifs is 11. The number of rotatable bonds is 7. The number of hydrogen-bond donors (Lipinski definition) is 0. The van der Waals surface area contributed by atoms with Gasteiger partial charge in [-0.2, -0.15) is 9.97 Å². The first-order chi connectivity index (χ1) is 35.7. The summed E-state index contributed by atoms with van der Waals surface area (Å²) in [5.74, 6) is 2.28. The van der Waals surface area contributed by atoms with Crippen molar-refractivity contribution in [2.45, 2.75) is 5.41 Å².